The zero-order valence-corrected chi connectivity index (χ0v) is 12.2. The Bertz CT molecular complexity index is 450. The van der Waals surface area contributed by atoms with E-state index in [1.54, 1.807) is 12.1 Å². The van der Waals surface area contributed by atoms with Crippen LogP contribution >= 0.6 is 0 Å². The molecule has 1 atom stereocenters. The van der Waals surface area contributed by atoms with Gasteiger partial charge in [0.1, 0.15) is 5.82 Å². The Morgan fingerprint density at radius 3 is 2.76 bits per heavy atom. The van der Waals surface area contributed by atoms with Gasteiger partial charge in [0.25, 0.3) is 0 Å². The van der Waals surface area contributed by atoms with Crippen molar-refractivity contribution < 1.29 is 14.3 Å². The second kappa shape index (κ2) is 8.10. The highest BCUT2D eigenvalue weighted by Gasteiger charge is 2.22. The molecule has 1 aliphatic heterocycles. The van der Waals surface area contributed by atoms with Crippen molar-refractivity contribution >= 4 is 5.91 Å². The van der Waals surface area contributed by atoms with E-state index in [1.165, 1.54) is 12.1 Å². The first-order valence-electron chi connectivity index (χ1n) is 7.55. The number of rotatable bonds is 5. The van der Waals surface area contributed by atoms with Crippen LogP contribution in [0.4, 0.5) is 4.39 Å². The molecule has 1 unspecified atom stereocenters. The highest BCUT2D eigenvalue weighted by molar-refractivity contribution is 5.78. The van der Waals surface area contributed by atoms with Gasteiger partial charge < -0.3 is 10.4 Å². The lowest BCUT2D eigenvalue weighted by molar-refractivity contribution is -0.123. The average Bonchev–Trinajstić information content (AvgIpc) is 2.71. The molecule has 116 valence electrons. The predicted molar refractivity (Wildman–Crippen MR) is 79.2 cm³/mol. The molecule has 1 fully saturated rings. The number of carbonyl (C=O) groups is 1. The van der Waals surface area contributed by atoms with Gasteiger partial charge in [0.05, 0.1) is 13.2 Å². The van der Waals surface area contributed by atoms with Gasteiger partial charge in [0.2, 0.25) is 5.91 Å². The Morgan fingerprint density at radius 2 is 2.05 bits per heavy atom. The molecule has 1 aliphatic rings. The van der Waals surface area contributed by atoms with Crippen LogP contribution in [0.15, 0.2) is 24.3 Å². The summed E-state index contributed by atoms with van der Waals surface area (Å²) in [6, 6.07) is 6.19. The van der Waals surface area contributed by atoms with Crippen molar-refractivity contribution in [1.82, 2.24) is 10.2 Å². The minimum absolute atomic E-state index is 0.0559. The summed E-state index contributed by atoms with van der Waals surface area (Å²) in [5, 5.41) is 12.3. The van der Waals surface area contributed by atoms with Crippen LogP contribution in [0.5, 0.6) is 0 Å². The molecule has 2 N–H and O–H groups in total. The zero-order valence-electron chi connectivity index (χ0n) is 12.2. The van der Waals surface area contributed by atoms with Crippen LogP contribution in [0.3, 0.4) is 0 Å². The van der Waals surface area contributed by atoms with Crippen molar-refractivity contribution in [3.63, 3.8) is 0 Å². The van der Waals surface area contributed by atoms with Crippen molar-refractivity contribution in [2.45, 2.75) is 38.3 Å². The molecule has 21 heavy (non-hydrogen) atoms. The van der Waals surface area contributed by atoms with Gasteiger partial charge >= 0.3 is 0 Å². The maximum atomic E-state index is 12.8. The summed E-state index contributed by atoms with van der Waals surface area (Å²) >= 11 is 0. The molecule has 1 amide bonds. The Kier molecular flexibility index (Phi) is 6.14. The first kappa shape index (κ1) is 15.9. The predicted octanol–water partition coefficient (Wildman–Crippen LogP) is 1.68. The van der Waals surface area contributed by atoms with Crippen molar-refractivity contribution in [2.24, 2.45) is 0 Å². The minimum Gasteiger partial charge on any atom is -0.395 e. The van der Waals surface area contributed by atoms with Gasteiger partial charge in [-0.25, -0.2) is 4.39 Å². The Labute approximate surface area is 125 Å². The Hall–Kier alpha value is -1.46. The van der Waals surface area contributed by atoms with Crippen LogP contribution in [0.25, 0.3) is 0 Å². The molecule has 1 heterocycles. The maximum Gasteiger partial charge on any atom is 0.234 e. The minimum atomic E-state index is -0.277. The highest BCUT2D eigenvalue weighted by Crippen LogP contribution is 2.16. The monoisotopic (exact) mass is 294 g/mol. The summed E-state index contributed by atoms with van der Waals surface area (Å²) in [6.45, 7) is 1.67. The van der Waals surface area contributed by atoms with Gasteiger partial charge in [0.15, 0.2) is 0 Å². The lowest BCUT2D eigenvalue weighted by Gasteiger charge is -2.27. The third-order valence-corrected chi connectivity index (χ3v) is 3.96. The summed E-state index contributed by atoms with van der Waals surface area (Å²) in [5.41, 5.74) is 0.874. The molecule has 0 aliphatic carbocycles. The van der Waals surface area contributed by atoms with Crippen LogP contribution in [-0.2, 0) is 11.3 Å². The summed E-state index contributed by atoms with van der Waals surface area (Å²) < 4.78 is 12.8. The fraction of sp³-hybridized carbons (Fsp3) is 0.562. The molecule has 1 aromatic carbocycles. The Balaban J connectivity index is 1.81. The van der Waals surface area contributed by atoms with Crippen LogP contribution in [0.1, 0.15) is 31.2 Å². The van der Waals surface area contributed by atoms with Gasteiger partial charge in [-0.15, -0.1) is 0 Å². The number of hydrogen-bond acceptors (Lipinski definition) is 3. The summed E-state index contributed by atoms with van der Waals surface area (Å²) in [7, 11) is 0. The van der Waals surface area contributed by atoms with E-state index < -0.39 is 0 Å². The standard InChI is InChI=1S/C16H23FN2O2/c17-14-7-5-13(6-8-14)10-18-16(21)11-19-9-3-1-2-4-15(19)12-20/h5-8,15,20H,1-4,9-12H2,(H,18,21). The number of likely N-dealkylation sites (tertiary alicyclic amines) is 1. The van der Waals surface area contributed by atoms with Gasteiger partial charge in [-0.2, -0.15) is 0 Å². The maximum absolute atomic E-state index is 12.8. The van der Waals surface area contributed by atoms with Gasteiger partial charge in [-0.3, -0.25) is 9.69 Å². The fourth-order valence-electron chi connectivity index (χ4n) is 2.69. The van der Waals surface area contributed by atoms with Gasteiger partial charge in [0, 0.05) is 12.6 Å². The molecule has 0 bridgehead atoms. The number of carbonyl (C=O) groups excluding carboxylic acids is 1. The molecule has 0 aromatic heterocycles. The summed E-state index contributed by atoms with van der Waals surface area (Å²) in [4.78, 5) is 14.1. The van der Waals surface area contributed by atoms with E-state index in [9.17, 15) is 14.3 Å². The molecule has 1 aromatic rings. The molecule has 5 heteroatoms. The van der Waals surface area contributed by atoms with Crippen molar-refractivity contribution in [3.8, 4) is 0 Å². The summed E-state index contributed by atoms with van der Waals surface area (Å²) in [5.74, 6) is -0.333. The molecule has 1 saturated heterocycles. The van der Waals surface area contributed by atoms with Crippen molar-refractivity contribution in [2.75, 3.05) is 19.7 Å². The smallest absolute Gasteiger partial charge is 0.234 e. The Morgan fingerprint density at radius 1 is 1.29 bits per heavy atom. The fourth-order valence-corrected chi connectivity index (χ4v) is 2.69. The third kappa shape index (κ3) is 5.10. The molecule has 4 nitrogen and oxygen atoms in total. The van der Waals surface area contributed by atoms with E-state index in [1.807, 2.05) is 0 Å². The number of aliphatic hydroxyl groups is 1. The number of amides is 1. The van der Waals surface area contributed by atoms with E-state index in [-0.39, 0.29) is 24.4 Å². The number of nitrogens with one attached hydrogen (secondary N) is 1. The molecule has 0 spiro atoms. The molecule has 0 saturated carbocycles. The first-order chi connectivity index (χ1) is 10.2. The molecular formula is C16H23FN2O2. The second-order valence-electron chi connectivity index (χ2n) is 5.56. The van der Waals surface area contributed by atoms with Gasteiger partial charge in [-0.05, 0) is 37.1 Å². The van der Waals surface area contributed by atoms with Crippen molar-refractivity contribution in [1.29, 1.82) is 0 Å². The zero-order chi connectivity index (χ0) is 15.1. The third-order valence-electron chi connectivity index (χ3n) is 3.96. The van der Waals surface area contributed by atoms with Crippen LogP contribution in [0.2, 0.25) is 0 Å². The lowest BCUT2D eigenvalue weighted by Crippen LogP contribution is -2.44. The van der Waals surface area contributed by atoms with E-state index in [0.29, 0.717) is 13.1 Å². The number of aliphatic hydroxyl groups excluding tert-OH is 1. The number of hydrogen-bond donors (Lipinski definition) is 2. The van der Waals surface area contributed by atoms with Crippen molar-refractivity contribution in [3.05, 3.63) is 35.6 Å². The summed E-state index contributed by atoms with van der Waals surface area (Å²) in [6.07, 6.45) is 4.28. The van der Waals surface area contributed by atoms with E-state index in [4.69, 9.17) is 0 Å². The van der Waals surface area contributed by atoms with E-state index in [2.05, 4.69) is 10.2 Å². The number of halogens is 1. The largest absolute Gasteiger partial charge is 0.395 e. The average molecular weight is 294 g/mol. The molecular weight excluding hydrogens is 271 g/mol. The topological polar surface area (TPSA) is 52.6 Å². The van der Waals surface area contributed by atoms with Crippen LogP contribution in [-0.4, -0.2) is 41.7 Å². The lowest BCUT2D eigenvalue weighted by atomic mass is 10.1. The molecule has 2 rings (SSSR count). The number of benzene rings is 1. The normalized spacial score (nSPS) is 20.0. The highest BCUT2D eigenvalue weighted by atomic mass is 19.1. The molecule has 0 radical (unpaired) electrons. The van der Waals surface area contributed by atoms with Gasteiger partial charge in [-0.1, -0.05) is 25.0 Å². The quantitative estimate of drug-likeness (QED) is 0.869. The van der Waals surface area contributed by atoms with Crippen LogP contribution < -0.4 is 5.32 Å². The SMILES string of the molecule is O=C(CN1CCCCCC1CO)NCc1ccc(F)cc1. The van der Waals surface area contributed by atoms with Crippen LogP contribution in [0, 0.1) is 5.82 Å². The number of nitrogens with zero attached hydrogens (tertiary/aromatic N) is 1. The van der Waals surface area contributed by atoms with E-state index in [0.717, 1.165) is 37.8 Å². The second-order valence-corrected chi connectivity index (χ2v) is 5.56. The first-order valence-corrected chi connectivity index (χ1v) is 7.55. The van der Waals surface area contributed by atoms with E-state index >= 15 is 0 Å².